The number of hydrogen-bond acceptors (Lipinski definition) is 5. The zero-order valence-corrected chi connectivity index (χ0v) is 16.5. The summed E-state index contributed by atoms with van der Waals surface area (Å²) in [6.45, 7) is -0.0266. The molecule has 0 amide bonds. The summed E-state index contributed by atoms with van der Waals surface area (Å²) in [4.78, 5) is 11.6. The number of phenolic OH excluding ortho intramolecular Hbond substituents is 1. The number of halogens is 2. The van der Waals surface area contributed by atoms with Gasteiger partial charge in [0.05, 0.1) is 17.6 Å². The standard InChI is InChI=1S/C14H10I2O6S/c15-11-4-8(5-12(16)13(11)17)7-22-14(18)9-2-1-3-10(6-9)23(19,20)21/h1-6,17H,7H2,(H,19,20,21). The van der Waals surface area contributed by atoms with Gasteiger partial charge in [0.2, 0.25) is 0 Å². The molecule has 0 unspecified atom stereocenters. The van der Waals surface area contributed by atoms with Crippen molar-refractivity contribution in [1.29, 1.82) is 0 Å². The Morgan fingerprint density at radius 1 is 1.13 bits per heavy atom. The maximum absolute atomic E-state index is 12.0. The molecule has 0 heterocycles. The van der Waals surface area contributed by atoms with Crippen LogP contribution in [0.25, 0.3) is 0 Å². The van der Waals surface area contributed by atoms with E-state index < -0.39 is 16.1 Å². The molecule has 2 aromatic carbocycles. The molecule has 0 aliphatic rings. The van der Waals surface area contributed by atoms with Gasteiger partial charge < -0.3 is 9.84 Å². The van der Waals surface area contributed by atoms with Crippen LogP contribution >= 0.6 is 45.2 Å². The van der Waals surface area contributed by atoms with E-state index in [2.05, 4.69) is 0 Å². The quantitative estimate of drug-likeness (QED) is 0.339. The van der Waals surface area contributed by atoms with E-state index in [1.54, 1.807) is 12.1 Å². The Kier molecular flexibility index (Phi) is 5.86. The van der Waals surface area contributed by atoms with Crippen LogP contribution in [-0.4, -0.2) is 24.0 Å². The first kappa shape index (κ1) is 18.4. The van der Waals surface area contributed by atoms with Crippen molar-refractivity contribution in [3.8, 4) is 5.75 Å². The molecule has 2 N–H and O–H groups in total. The van der Waals surface area contributed by atoms with Gasteiger partial charge in [-0.05, 0) is 81.1 Å². The molecule has 0 radical (unpaired) electrons. The van der Waals surface area contributed by atoms with Gasteiger partial charge in [-0.3, -0.25) is 4.55 Å². The summed E-state index contributed by atoms with van der Waals surface area (Å²) in [6, 6.07) is 8.31. The molecular formula is C14H10I2O6S. The maximum atomic E-state index is 12.0. The SMILES string of the molecule is O=C(OCc1cc(I)c(O)c(I)c1)c1cccc(S(=O)(=O)O)c1. The molecule has 2 rings (SSSR count). The summed E-state index contributed by atoms with van der Waals surface area (Å²) in [5, 5.41) is 9.69. The average molecular weight is 560 g/mol. The van der Waals surface area contributed by atoms with Gasteiger partial charge in [-0.25, -0.2) is 4.79 Å². The van der Waals surface area contributed by atoms with Gasteiger partial charge >= 0.3 is 5.97 Å². The Bertz CT molecular complexity index is 840. The van der Waals surface area contributed by atoms with Gasteiger partial charge in [-0.15, -0.1) is 0 Å². The molecule has 0 saturated heterocycles. The van der Waals surface area contributed by atoms with Crippen LogP contribution in [0.15, 0.2) is 41.3 Å². The summed E-state index contributed by atoms with van der Waals surface area (Å²) in [6.07, 6.45) is 0. The lowest BCUT2D eigenvalue weighted by molar-refractivity contribution is 0.0472. The highest BCUT2D eigenvalue weighted by atomic mass is 127. The van der Waals surface area contributed by atoms with Gasteiger partial charge in [0.25, 0.3) is 10.1 Å². The van der Waals surface area contributed by atoms with E-state index in [1.807, 2.05) is 45.2 Å². The van der Waals surface area contributed by atoms with Crippen molar-refractivity contribution in [2.45, 2.75) is 11.5 Å². The second kappa shape index (κ2) is 7.32. The van der Waals surface area contributed by atoms with Gasteiger partial charge in [0.1, 0.15) is 12.4 Å². The molecule has 0 fully saturated rings. The third-order valence-electron chi connectivity index (χ3n) is 2.81. The lowest BCUT2D eigenvalue weighted by Crippen LogP contribution is -2.07. The minimum atomic E-state index is -4.38. The van der Waals surface area contributed by atoms with E-state index in [1.165, 1.54) is 18.2 Å². The maximum Gasteiger partial charge on any atom is 0.338 e. The summed E-state index contributed by atoms with van der Waals surface area (Å²) < 4.78 is 37.5. The van der Waals surface area contributed by atoms with Crippen LogP contribution in [0.1, 0.15) is 15.9 Å². The Balaban J connectivity index is 2.14. The fourth-order valence-corrected chi connectivity index (χ4v) is 4.14. The highest BCUT2D eigenvalue weighted by Gasteiger charge is 2.14. The van der Waals surface area contributed by atoms with Crippen molar-refractivity contribution in [3.05, 3.63) is 54.7 Å². The third-order valence-corrected chi connectivity index (χ3v) is 5.31. The summed E-state index contributed by atoms with van der Waals surface area (Å²) in [5.41, 5.74) is 0.708. The minimum absolute atomic E-state index is 0.0169. The highest BCUT2D eigenvalue weighted by Crippen LogP contribution is 2.27. The van der Waals surface area contributed by atoms with Crippen molar-refractivity contribution < 1.29 is 27.6 Å². The molecular weight excluding hydrogens is 550 g/mol. The zero-order chi connectivity index (χ0) is 17.2. The monoisotopic (exact) mass is 560 g/mol. The molecule has 122 valence electrons. The lowest BCUT2D eigenvalue weighted by Gasteiger charge is -2.08. The summed E-state index contributed by atoms with van der Waals surface area (Å²) in [7, 11) is -4.38. The normalized spacial score (nSPS) is 11.3. The molecule has 0 atom stereocenters. The summed E-state index contributed by atoms with van der Waals surface area (Å²) in [5.74, 6) is -0.546. The molecule has 0 spiro atoms. The second-order valence-electron chi connectivity index (χ2n) is 4.49. The van der Waals surface area contributed by atoms with Crippen LogP contribution in [-0.2, 0) is 21.5 Å². The molecule has 0 aliphatic heterocycles. The van der Waals surface area contributed by atoms with Crippen molar-refractivity contribution in [2.75, 3.05) is 0 Å². The Labute approximate surface area is 159 Å². The van der Waals surface area contributed by atoms with E-state index in [4.69, 9.17) is 9.29 Å². The van der Waals surface area contributed by atoms with Crippen LogP contribution in [0.2, 0.25) is 0 Å². The van der Waals surface area contributed by atoms with Gasteiger partial charge in [0, 0.05) is 0 Å². The molecule has 0 bridgehead atoms. The smallest absolute Gasteiger partial charge is 0.338 e. The van der Waals surface area contributed by atoms with E-state index in [9.17, 15) is 18.3 Å². The average Bonchev–Trinajstić information content (AvgIpc) is 2.49. The fourth-order valence-electron chi connectivity index (χ4n) is 1.72. The number of hydrogen-bond donors (Lipinski definition) is 2. The number of aromatic hydroxyl groups is 1. The molecule has 2 aromatic rings. The predicted octanol–water partition coefficient (Wildman–Crippen LogP) is 3.21. The number of benzene rings is 2. The second-order valence-corrected chi connectivity index (χ2v) is 8.23. The molecule has 6 nitrogen and oxygen atoms in total. The number of rotatable bonds is 4. The summed E-state index contributed by atoms with van der Waals surface area (Å²) >= 11 is 3.93. The van der Waals surface area contributed by atoms with E-state index in [-0.39, 0.29) is 22.8 Å². The Morgan fingerprint density at radius 2 is 1.74 bits per heavy atom. The van der Waals surface area contributed by atoms with Crippen LogP contribution in [0.4, 0.5) is 0 Å². The first-order valence-corrected chi connectivity index (χ1v) is 9.70. The van der Waals surface area contributed by atoms with Crippen molar-refractivity contribution in [3.63, 3.8) is 0 Å². The van der Waals surface area contributed by atoms with Gasteiger partial charge in [-0.2, -0.15) is 8.42 Å². The van der Waals surface area contributed by atoms with E-state index >= 15 is 0 Å². The van der Waals surface area contributed by atoms with Crippen LogP contribution < -0.4 is 0 Å². The number of ether oxygens (including phenoxy) is 1. The molecule has 23 heavy (non-hydrogen) atoms. The van der Waals surface area contributed by atoms with Crippen molar-refractivity contribution in [2.24, 2.45) is 0 Å². The number of phenols is 1. The zero-order valence-electron chi connectivity index (χ0n) is 11.4. The fraction of sp³-hybridized carbons (Fsp3) is 0.0714. The van der Waals surface area contributed by atoms with Gasteiger partial charge in [-0.1, -0.05) is 6.07 Å². The highest BCUT2D eigenvalue weighted by molar-refractivity contribution is 14.1. The van der Waals surface area contributed by atoms with E-state index in [0.717, 1.165) is 6.07 Å². The van der Waals surface area contributed by atoms with Gasteiger partial charge in [0.15, 0.2) is 0 Å². The van der Waals surface area contributed by atoms with Crippen molar-refractivity contribution >= 4 is 61.3 Å². The number of carbonyl (C=O) groups is 1. The van der Waals surface area contributed by atoms with Crippen molar-refractivity contribution in [1.82, 2.24) is 0 Å². The minimum Gasteiger partial charge on any atom is -0.506 e. The van der Waals surface area contributed by atoms with Crippen LogP contribution in [0.3, 0.4) is 0 Å². The Morgan fingerprint density at radius 3 is 2.30 bits per heavy atom. The molecule has 0 saturated carbocycles. The first-order chi connectivity index (χ1) is 10.7. The third kappa shape index (κ3) is 4.78. The molecule has 9 heteroatoms. The predicted molar refractivity (Wildman–Crippen MR) is 98.9 cm³/mol. The molecule has 0 aliphatic carbocycles. The topological polar surface area (TPSA) is 101 Å². The number of carbonyl (C=O) groups excluding carboxylic acids is 1. The van der Waals surface area contributed by atoms with E-state index in [0.29, 0.717) is 12.7 Å². The molecule has 0 aromatic heterocycles. The lowest BCUT2D eigenvalue weighted by atomic mass is 10.2. The van der Waals surface area contributed by atoms with Crippen LogP contribution in [0.5, 0.6) is 5.75 Å². The van der Waals surface area contributed by atoms with Crippen LogP contribution in [0, 0.1) is 7.14 Å². The largest absolute Gasteiger partial charge is 0.506 e. The Hall–Kier alpha value is -0.920. The number of esters is 1. The first-order valence-electron chi connectivity index (χ1n) is 6.10.